The molecule has 17 heteroatoms. The van der Waals surface area contributed by atoms with Crippen molar-refractivity contribution in [1.29, 1.82) is 0 Å². The van der Waals surface area contributed by atoms with Gasteiger partial charge in [-0.3, -0.25) is 14.6 Å². The van der Waals surface area contributed by atoms with Crippen LogP contribution in [0.4, 0.5) is 24.7 Å². The molecule has 3 aromatic carbocycles. The third kappa shape index (κ3) is 10.6. The number of aromatic nitrogens is 3. The largest absolute Gasteiger partial charge is 0.492 e. The lowest BCUT2D eigenvalue weighted by molar-refractivity contribution is -0.137. The first kappa shape index (κ1) is 40.5. The number of sulfonamides is 1. The highest BCUT2D eigenvalue weighted by atomic mass is 32.2. The zero-order chi connectivity index (χ0) is 40.4. The number of amides is 2. The van der Waals surface area contributed by atoms with Gasteiger partial charge in [0.25, 0.3) is 21.8 Å². The number of pyridine rings is 1. The van der Waals surface area contributed by atoms with E-state index >= 15 is 0 Å². The topological polar surface area (TPSA) is 147 Å². The van der Waals surface area contributed by atoms with Gasteiger partial charge in [0, 0.05) is 66.4 Å². The van der Waals surface area contributed by atoms with Crippen LogP contribution in [0, 0.1) is 11.8 Å². The second-order valence-corrected chi connectivity index (χ2v) is 15.3. The molecule has 1 aliphatic heterocycles. The molecule has 0 aliphatic carbocycles. The van der Waals surface area contributed by atoms with Crippen molar-refractivity contribution in [2.75, 3.05) is 55.3 Å². The Hall–Kier alpha value is -6.12. The van der Waals surface area contributed by atoms with Gasteiger partial charge in [0.05, 0.1) is 28.8 Å². The van der Waals surface area contributed by atoms with E-state index < -0.39 is 32.6 Å². The Balaban J connectivity index is 1.04. The van der Waals surface area contributed by atoms with Crippen LogP contribution in [0.5, 0.6) is 5.75 Å². The monoisotopic (exact) mass is 815 g/mol. The number of anilines is 2. The number of hydrogen-bond donors (Lipinski definition) is 2. The third-order valence-corrected chi connectivity index (χ3v) is 10.9. The first-order valence-corrected chi connectivity index (χ1v) is 20.1. The molecule has 1 fully saturated rings. The molecule has 1 saturated heterocycles. The van der Waals surface area contributed by atoms with E-state index in [0.29, 0.717) is 72.9 Å². The Labute approximate surface area is 331 Å². The molecule has 0 bridgehead atoms. The van der Waals surface area contributed by atoms with Crippen molar-refractivity contribution in [2.45, 2.75) is 22.9 Å². The number of nitrogens with one attached hydrogen (secondary N) is 2. The van der Waals surface area contributed by atoms with Crippen molar-refractivity contribution in [2.24, 2.45) is 0 Å². The Morgan fingerprint density at radius 2 is 1.65 bits per heavy atom. The molecule has 1 aliphatic rings. The number of carbonyl (C=O) groups excluding carboxylic acids is 2. The van der Waals surface area contributed by atoms with Crippen molar-refractivity contribution in [3.8, 4) is 17.6 Å². The number of halogens is 3. The van der Waals surface area contributed by atoms with Crippen LogP contribution >= 0.6 is 11.8 Å². The second-order valence-electron chi connectivity index (χ2n) is 12.4. The second kappa shape index (κ2) is 18.2. The van der Waals surface area contributed by atoms with Gasteiger partial charge in [0.1, 0.15) is 5.75 Å². The molecule has 0 saturated carbocycles. The summed E-state index contributed by atoms with van der Waals surface area (Å²) in [4.78, 5) is 34.4. The highest BCUT2D eigenvalue weighted by Crippen LogP contribution is 2.36. The van der Waals surface area contributed by atoms with Gasteiger partial charge in [-0.25, -0.2) is 13.1 Å². The quantitative estimate of drug-likeness (QED) is 0.0873. The fourth-order valence-electron chi connectivity index (χ4n) is 5.76. The van der Waals surface area contributed by atoms with Crippen LogP contribution in [0.3, 0.4) is 0 Å². The number of hydrogen-bond acceptors (Lipinski definition) is 11. The number of thioether (sulfide) groups is 1. The van der Waals surface area contributed by atoms with E-state index in [-0.39, 0.29) is 23.8 Å². The number of benzene rings is 3. The number of alkyl halides is 3. The van der Waals surface area contributed by atoms with Crippen LogP contribution in [0.1, 0.15) is 44.5 Å². The standard InChI is InChI=1S/C40H36F3N7O5S2/c1-2-55-30-24-28(26-44-27-30)12-13-29-8-6-7-11-33(29)39(52)50-21-19-49(20-22-50)37-17-16-36(46-47-37)38(51)48-57(53,54)32-14-15-35(34(25-32)40(41,42)43)45-18-23-56-31-9-4-3-5-10-31/h3-11,14-17,24-27,45H,2,18-23H2,1H3,(H,48,51). The highest BCUT2D eigenvalue weighted by molar-refractivity contribution is 7.99. The fourth-order valence-corrected chi connectivity index (χ4v) is 7.53. The van der Waals surface area contributed by atoms with Crippen LogP contribution < -0.4 is 19.7 Å². The molecular formula is C40H36F3N7O5S2. The molecule has 0 radical (unpaired) electrons. The summed E-state index contributed by atoms with van der Waals surface area (Å²) in [5, 5.41) is 10.7. The summed E-state index contributed by atoms with van der Waals surface area (Å²) in [6.07, 6.45) is -1.66. The van der Waals surface area contributed by atoms with E-state index in [2.05, 4.69) is 32.3 Å². The molecule has 2 N–H and O–H groups in total. The van der Waals surface area contributed by atoms with Crippen LogP contribution in [0.15, 0.2) is 113 Å². The van der Waals surface area contributed by atoms with Crippen LogP contribution in [-0.4, -0.2) is 85.4 Å². The minimum Gasteiger partial charge on any atom is -0.492 e. The lowest BCUT2D eigenvalue weighted by Crippen LogP contribution is -2.49. The average molecular weight is 816 g/mol. The molecule has 0 unspecified atom stereocenters. The summed E-state index contributed by atoms with van der Waals surface area (Å²) in [5.41, 5.74) is -0.184. The van der Waals surface area contributed by atoms with E-state index in [1.54, 1.807) is 52.3 Å². The van der Waals surface area contributed by atoms with Crippen molar-refractivity contribution in [3.05, 3.63) is 131 Å². The SMILES string of the molecule is CCOc1cncc(C#Cc2ccccc2C(=O)N2CCN(c3ccc(C(=O)NS(=O)(=O)c4ccc(NCCSc5ccccc5)c(C(F)(F)F)c4)nn3)CC2)c1. The molecule has 6 rings (SSSR count). The molecule has 57 heavy (non-hydrogen) atoms. The molecule has 2 aromatic heterocycles. The summed E-state index contributed by atoms with van der Waals surface area (Å²) >= 11 is 1.45. The maximum absolute atomic E-state index is 14.0. The first-order valence-electron chi connectivity index (χ1n) is 17.7. The molecule has 2 amide bonds. The van der Waals surface area contributed by atoms with E-state index in [4.69, 9.17) is 4.74 Å². The van der Waals surface area contributed by atoms with Crippen LogP contribution in [-0.2, 0) is 16.2 Å². The zero-order valence-electron chi connectivity index (χ0n) is 30.5. The normalized spacial score (nSPS) is 13.0. The third-order valence-electron chi connectivity index (χ3n) is 8.56. The van der Waals surface area contributed by atoms with Gasteiger partial charge in [-0.15, -0.1) is 22.0 Å². The Morgan fingerprint density at radius 1 is 0.895 bits per heavy atom. The highest BCUT2D eigenvalue weighted by Gasteiger charge is 2.35. The van der Waals surface area contributed by atoms with Gasteiger partial charge in [-0.2, -0.15) is 13.2 Å². The predicted octanol–water partition coefficient (Wildman–Crippen LogP) is 5.97. The predicted molar refractivity (Wildman–Crippen MR) is 210 cm³/mol. The van der Waals surface area contributed by atoms with Gasteiger partial charge >= 0.3 is 6.18 Å². The molecule has 294 valence electrons. The van der Waals surface area contributed by atoms with Gasteiger partial charge < -0.3 is 19.9 Å². The average Bonchev–Trinajstić information content (AvgIpc) is 3.22. The lowest BCUT2D eigenvalue weighted by atomic mass is 10.1. The van der Waals surface area contributed by atoms with Crippen LogP contribution in [0.25, 0.3) is 0 Å². The number of piperazine rings is 1. The van der Waals surface area contributed by atoms with Crippen molar-refractivity contribution in [3.63, 3.8) is 0 Å². The molecule has 3 heterocycles. The van der Waals surface area contributed by atoms with E-state index in [1.165, 1.54) is 23.9 Å². The molecule has 12 nitrogen and oxygen atoms in total. The van der Waals surface area contributed by atoms with Gasteiger partial charge in [-0.05, 0) is 67.6 Å². The minimum absolute atomic E-state index is 0.184. The molecule has 0 spiro atoms. The zero-order valence-corrected chi connectivity index (χ0v) is 32.1. The fraction of sp³-hybridized carbons (Fsp3) is 0.225. The molecular weight excluding hydrogens is 780 g/mol. The van der Waals surface area contributed by atoms with E-state index in [9.17, 15) is 31.2 Å². The maximum Gasteiger partial charge on any atom is 0.418 e. The summed E-state index contributed by atoms with van der Waals surface area (Å²) < 4.78 is 75.4. The van der Waals surface area contributed by atoms with Gasteiger partial charge in [-0.1, -0.05) is 42.2 Å². The van der Waals surface area contributed by atoms with E-state index in [1.807, 2.05) is 42.2 Å². The van der Waals surface area contributed by atoms with E-state index in [0.717, 1.165) is 17.0 Å². The molecule has 5 aromatic rings. The first-order chi connectivity index (χ1) is 27.4. The van der Waals surface area contributed by atoms with Gasteiger partial charge in [0.15, 0.2) is 11.5 Å². The Bertz CT molecular complexity index is 2380. The summed E-state index contributed by atoms with van der Waals surface area (Å²) in [7, 11) is -4.72. The van der Waals surface area contributed by atoms with Crippen molar-refractivity contribution < 1.29 is 35.9 Å². The number of carbonyl (C=O) groups is 2. The maximum atomic E-state index is 14.0. The Kier molecular flexibility index (Phi) is 13.0. The minimum atomic E-state index is -4.88. The van der Waals surface area contributed by atoms with Crippen molar-refractivity contribution >= 4 is 45.1 Å². The number of ether oxygens (including phenoxy) is 1. The summed E-state index contributed by atoms with van der Waals surface area (Å²) in [6.45, 7) is 4.04. The Morgan fingerprint density at radius 3 is 2.37 bits per heavy atom. The van der Waals surface area contributed by atoms with Crippen LogP contribution in [0.2, 0.25) is 0 Å². The molecule has 0 atom stereocenters. The summed E-state index contributed by atoms with van der Waals surface area (Å²) in [6, 6.07) is 23.4. The number of nitrogens with zero attached hydrogens (tertiary/aromatic N) is 5. The number of rotatable bonds is 12. The smallest absolute Gasteiger partial charge is 0.418 e. The lowest BCUT2D eigenvalue weighted by Gasteiger charge is -2.35. The van der Waals surface area contributed by atoms with Crippen molar-refractivity contribution in [1.82, 2.24) is 24.8 Å². The summed E-state index contributed by atoms with van der Waals surface area (Å²) in [5.74, 6) is 6.21. The van der Waals surface area contributed by atoms with Gasteiger partial charge in [0.2, 0.25) is 0 Å².